The molecule has 4 heteroatoms. The quantitative estimate of drug-likeness (QED) is 0.613. The van der Waals surface area contributed by atoms with Gasteiger partial charge in [0.1, 0.15) is 11.6 Å². The number of methoxy groups -OCH3 is 1. The highest BCUT2D eigenvalue weighted by Gasteiger charge is 2.07. The van der Waals surface area contributed by atoms with E-state index in [9.17, 15) is 9.18 Å². The number of rotatable bonds is 5. The van der Waals surface area contributed by atoms with Gasteiger partial charge in [-0.15, -0.1) is 11.8 Å². The molecule has 2 aromatic rings. The Morgan fingerprint density at radius 2 is 1.95 bits per heavy atom. The molecule has 2 nitrogen and oxygen atoms in total. The van der Waals surface area contributed by atoms with Crippen LogP contribution < -0.4 is 4.74 Å². The zero-order chi connectivity index (χ0) is 13.7. The minimum Gasteiger partial charge on any atom is -0.497 e. The molecule has 0 spiro atoms. The van der Waals surface area contributed by atoms with Gasteiger partial charge < -0.3 is 4.74 Å². The zero-order valence-corrected chi connectivity index (χ0v) is 11.2. The van der Waals surface area contributed by atoms with Crippen LogP contribution in [0.1, 0.15) is 10.4 Å². The van der Waals surface area contributed by atoms with Crippen LogP contribution in [-0.2, 0) is 0 Å². The number of ether oxygens (including phenoxy) is 1. The number of benzene rings is 2. The molecule has 0 saturated heterocycles. The smallest absolute Gasteiger partial charge is 0.173 e. The first-order chi connectivity index (χ1) is 9.19. The summed E-state index contributed by atoms with van der Waals surface area (Å²) < 4.78 is 17.9. The van der Waals surface area contributed by atoms with E-state index in [1.54, 1.807) is 7.11 Å². The number of Topliss-reactive ketones (excluding diaryl/α,β-unsaturated/α-hetero) is 1. The van der Waals surface area contributed by atoms with Gasteiger partial charge in [0.25, 0.3) is 0 Å². The fourth-order valence-corrected chi connectivity index (χ4v) is 2.40. The molecule has 0 saturated carbocycles. The van der Waals surface area contributed by atoms with Crippen molar-refractivity contribution in [1.82, 2.24) is 0 Å². The standard InChI is InChI=1S/C15H13FO2S/c1-18-13-3-2-4-14(9-13)19-10-15(17)11-5-7-12(16)8-6-11/h2-9H,10H2,1H3. The Balaban J connectivity index is 1.98. The second kappa shape index (κ2) is 6.38. The molecule has 0 aliphatic rings. The van der Waals surface area contributed by atoms with Gasteiger partial charge in [0, 0.05) is 10.5 Å². The zero-order valence-electron chi connectivity index (χ0n) is 10.4. The Labute approximate surface area is 115 Å². The molecule has 98 valence electrons. The van der Waals surface area contributed by atoms with Crippen molar-refractivity contribution < 1.29 is 13.9 Å². The van der Waals surface area contributed by atoms with Crippen LogP contribution in [0.4, 0.5) is 4.39 Å². The summed E-state index contributed by atoms with van der Waals surface area (Å²) in [4.78, 5) is 12.9. The van der Waals surface area contributed by atoms with E-state index in [2.05, 4.69) is 0 Å². The summed E-state index contributed by atoms with van der Waals surface area (Å²) in [5, 5.41) is 0. The Hall–Kier alpha value is -1.81. The van der Waals surface area contributed by atoms with Crippen LogP contribution in [0.15, 0.2) is 53.4 Å². The van der Waals surface area contributed by atoms with Crippen LogP contribution in [0.25, 0.3) is 0 Å². The molecule has 0 aliphatic heterocycles. The Morgan fingerprint density at radius 1 is 1.21 bits per heavy atom. The lowest BCUT2D eigenvalue weighted by Gasteiger charge is -2.04. The predicted molar refractivity (Wildman–Crippen MR) is 74.4 cm³/mol. The maximum atomic E-state index is 12.8. The number of hydrogen-bond acceptors (Lipinski definition) is 3. The minimum atomic E-state index is -0.336. The molecule has 0 atom stereocenters. The molecule has 19 heavy (non-hydrogen) atoms. The van der Waals surface area contributed by atoms with Crippen molar-refractivity contribution >= 4 is 17.5 Å². The molecular weight excluding hydrogens is 263 g/mol. The van der Waals surface area contributed by atoms with Gasteiger partial charge in [-0.1, -0.05) is 6.07 Å². The number of ketones is 1. The monoisotopic (exact) mass is 276 g/mol. The van der Waals surface area contributed by atoms with Gasteiger partial charge in [-0.25, -0.2) is 4.39 Å². The predicted octanol–water partition coefficient (Wildman–Crippen LogP) is 3.81. The number of thioether (sulfide) groups is 1. The largest absolute Gasteiger partial charge is 0.497 e. The summed E-state index contributed by atoms with van der Waals surface area (Å²) in [6.07, 6.45) is 0. The first-order valence-electron chi connectivity index (χ1n) is 5.74. The summed E-state index contributed by atoms with van der Waals surface area (Å²) in [6, 6.07) is 13.1. The van der Waals surface area contributed by atoms with E-state index in [0.717, 1.165) is 10.6 Å². The summed E-state index contributed by atoms with van der Waals surface area (Å²) in [6.45, 7) is 0. The van der Waals surface area contributed by atoms with Crippen molar-refractivity contribution in [3.63, 3.8) is 0 Å². The van der Waals surface area contributed by atoms with Gasteiger partial charge in [0.15, 0.2) is 5.78 Å². The van der Waals surface area contributed by atoms with Crippen LogP contribution in [0.3, 0.4) is 0 Å². The van der Waals surface area contributed by atoms with Crippen LogP contribution in [-0.4, -0.2) is 18.6 Å². The topological polar surface area (TPSA) is 26.3 Å². The van der Waals surface area contributed by atoms with Gasteiger partial charge in [0.2, 0.25) is 0 Å². The van der Waals surface area contributed by atoms with E-state index >= 15 is 0 Å². The molecule has 0 heterocycles. The summed E-state index contributed by atoms with van der Waals surface area (Å²) in [5.41, 5.74) is 0.525. The van der Waals surface area contributed by atoms with Crippen molar-refractivity contribution in [2.75, 3.05) is 12.9 Å². The Kier molecular flexibility index (Phi) is 4.58. The Morgan fingerprint density at radius 3 is 2.63 bits per heavy atom. The van der Waals surface area contributed by atoms with Gasteiger partial charge >= 0.3 is 0 Å². The molecule has 2 aromatic carbocycles. The molecule has 0 N–H and O–H groups in total. The molecule has 0 radical (unpaired) electrons. The lowest BCUT2D eigenvalue weighted by atomic mass is 10.1. The number of hydrogen-bond donors (Lipinski definition) is 0. The first-order valence-corrected chi connectivity index (χ1v) is 6.73. The maximum absolute atomic E-state index is 12.8. The van der Waals surface area contributed by atoms with Crippen LogP contribution >= 0.6 is 11.8 Å². The van der Waals surface area contributed by atoms with E-state index in [1.165, 1.54) is 36.0 Å². The third-order valence-electron chi connectivity index (χ3n) is 2.58. The van der Waals surface area contributed by atoms with Crippen LogP contribution in [0.5, 0.6) is 5.75 Å². The summed E-state index contributed by atoms with van der Waals surface area (Å²) in [7, 11) is 1.60. The number of carbonyl (C=O) groups excluding carboxylic acids is 1. The summed E-state index contributed by atoms with van der Waals surface area (Å²) in [5.74, 6) is 0.725. The molecule has 0 fully saturated rings. The third-order valence-corrected chi connectivity index (χ3v) is 3.57. The first kappa shape index (κ1) is 13.6. The molecule has 2 rings (SSSR count). The highest BCUT2D eigenvalue weighted by molar-refractivity contribution is 8.00. The van der Waals surface area contributed by atoms with Crippen LogP contribution in [0.2, 0.25) is 0 Å². The van der Waals surface area contributed by atoms with E-state index in [-0.39, 0.29) is 11.6 Å². The molecule has 0 amide bonds. The van der Waals surface area contributed by atoms with Crippen molar-refractivity contribution in [3.05, 3.63) is 59.9 Å². The van der Waals surface area contributed by atoms with Gasteiger partial charge in [-0.05, 0) is 42.5 Å². The van der Waals surface area contributed by atoms with Gasteiger partial charge in [-0.3, -0.25) is 4.79 Å². The third kappa shape index (κ3) is 3.83. The maximum Gasteiger partial charge on any atom is 0.173 e. The van der Waals surface area contributed by atoms with Crippen LogP contribution in [0, 0.1) is 5.82 Å². The van der Waals surface area contributed by atoms with E-state index in [0.29, 0.717) is 11.3 Å². The van der Waals surface area contributed by atoms with Gasteiger partial charge in [-0.2, -0.15) is 0 Å². The Bertz CT molecular complexity index is 567. The SMILES string of the molecule is COc1cccc(SCC(=O)c2ccc(F)cc2)c1. The highest BCUT2D eigenvalue weighted by Crippen LogP contribution is 2.23. The molecule has 0 aromatic heterocycles. The van der Waals surface area contributed by atoms with Crippen molar-refractivity contribution in [3.8, 4) is 5.75 Å². The lowest BCUT2D eigenvalue weighted by molar-refractivity contribution is 0.102. The van der Waals surface area contributed by atoms with E-state index in [4.69, 9.17) is 4.74 Å². The highest BCUT2D eigenvalue weighted by atomic mass is 32.2. The average molecular weight is 276 g/mol. The normalized spacial score (nSPS) is 10.2. The summed E-state index contributed by atoms with van der Waals surface area (Å²) >= 11 is 1.43. The fraction of sp³-hybridized carbons (Fsp3) is 0.133. The van der Waals surface area contributed by atoms with E-state index in [1.807, 2.05) is 24.3 Å². The molecule has 0 unspecified atom stereocenters. The van der Waals surface area contributed by atoms with Gasteiger partial charge in [0.05, 0.1) is 12.9 Å². The second-order valence-corrected chi connectivity index (χ2v) is 4.95. The van der Waals surface area contributed by atoms with E-state index < -0.39 is 0 Å². The second-order valence-electron chi connectivity index (χ2n) is 3.90. The molecule has 0 aliphatic carbocycles. The fourth-order valence-electron chi connectivity index (χ4n) is 1.56. The minimum absolute atomic E-state index is 0.0205. The average Bonchev–Trinajstić information content (AvgIpc) is 2.46. The lowest BCUT2D eigenvalue weighted by Crippen LogP contribution is -2.02. The van der Waals surface area contributed by atoms with Crippen molar-refractivity contribution in [2.45, 2.75) is 4.90 Å². The molecule has 0 bridgehead atoms. The number of carbonyl (C=O) groups is 1. The van der Waals surface area contributed by atoms with Crippen molar-refractivity contribution in [2.24, 2.45) is 0 Å². The van der Waals surface area contributed by atoms with Crippen molar-refractivity contribution in [1.29, 1.82) is 0 Å². The molecular formula is C15H13FO2S. The number of halogens is 1.